The van der Waals surface area contributed by atoms with Crippen molar-refractivity contribution in [2.45, 2.75) is 26.1 Å². The molecule has 138 valence electrons. The fraction of sp³-hybridized carbons (Fsp3) is 0.429. The third-order valence-electron chi connectivity index (χ3n) is 3.11. The first-order valence-electron chi connectivity index (χ1n) is 7.01. The van der Waals surface area contributed by atoms with Crippen molar-refractivity contribution in [3.05, 3.63) is 38.9 Å². The van der Waals surface area contributed by atoms with Crippen molar-refractivity contribution in [3.63, 3.8) is 0 Å². The average molecular weight is 382 g/mol. The second kappa shape index (κ2) is 8.15. The molecule has 1 aromatic carbocycles. The fourth-order valence-corrected chi connectivity index (χ4v) is 2.11. The summed E-state index contributed by atoms with van der Waals surface area (Å²) in [5, 5.41) is 14.4. The fourth-order valence-electron chi connectivity index (χ4n) is 1.85. The van der Waals surface area contributed by atoms with Gasteiger partial charge in [-0.05, 0) is 12.0 Å². The maximum atomic E-state index is 12.2. The van der Waals surface area contributed by atoms with Crippen LogP contribution in [-0.2, 0) is 4.79 Å². The van der Waals surface area contributed by atoms with Crippen molar-refractivity contribution in [2.24, 2.45) is 5.92 Å². The van der Waals surface area contributed by atoms with E-state index in [1.165, 1.54) is 13.8 Å². The number of hydrogen-bond acceptors (Lipinski definition) is 4. The van der Waals surface area contributed by atoms with Crippen LogP contribution in [0.4, 0.5) is 18.9 Å². The number of non-ortho nitro benzene ring substituents is 1. The van der Waals surface area contributed by atoms with Crippen molar-refractivity contribution < 1.29 is 27.7 Å². The van der Waals surface area contributed by atoms with Crippen LogP contribution in [0.2, 0.25) is 5.02 Å². The number of rotatable bonds is 6. The number of nitro groups is 1. The Hall–Kier alpha value is -2.36. The van der Waals surface area contributed by atoms with Gasteiger partial charge >= 0.3 is 6.18 Å². The highest BCUT2D eigenvalue weighted by molar-refractivity contribution is 6.34. The summed E-state index contributed by atoms with van der Waals surface area (Å²) in [7, 11) is 0. The van der Waals surface area contributed by atoms with E-state index in [0.717, 1.165) is 18.2 Å². The SMILES string of the molecule is CC(C)[C@H](NC(=O)c1ccc([N+](=O)[O-])cc1Cl)C(=O)NCC(F)(F)F. The zero-order chi connectivity index (χ0) is 19.4. The van der Waals surface area contributed by atoms with Crippen LogP contribution in [-0.4, -0.2) is 35.5 Å². The zero-order valence-corrected chi connectivity index (χ0v) is 13.9. The van der Waals surface area contributed by atoms with Crippen LogP contribution in [0.5, 0.6) is 0 Å². The van der Waals surface area contributed by atoms with Crippen LogP contribution in [0.15, 0.2) is 18.2 Å². The second-order valence-corrected chi connectivity index (χ2v) is 5.86. The van der Waals surface area contributed by atoms with Gasteiger partial charge < -0.3 is 10.6 Å². The summed E-state index contributed by atoms with van der Waals surface area (Å²) >= 11 is 5.82. The van der Waals surface area contributed by atoms with Crippen LogP contribution < -0.4 is 10.6 Å². The molecule has 0 saturated heterocycles. The van der Waals surface area contributed by atoms with Crippen molar-refractivity contribution in [3.8, 4) is 0 Å². The van der Waals surface area contributed by atoms with Crippen molar-refractivity contribution >= 4 is 29.1 Å². The van der Waals surface area contributed by atoms with Crippen molar-refractivity contribution in [2.75, 3.05) is 6.54 Å². The Morgan fingerprint density at radius 1 is 1.32 bits per heavy atom. The Labute approximate surface area is 145 Å². The number of carbonyl (C=O) groups excluding carboxylic acids is 2. The lowest BCUT2D eigenvalue weighted by molar-refractivity contribution is -0.384. The van der Waals surface area contributed by atoms with E-state index in [0.29, 0.717) is 0 Å². The maximum absolute atomic E-state index is 12.2. The molecule has 0 aliphatic heterocycles. The Morgan fingerprint density at radius 2 is 1.92 bits per heavy atom. The van der Waals surface area contributed by atoms with Gasteiger partial charge in [-0.25, -0.2) is 0 Å². The molecule has 0 aliphatic rings. The predicted molar refractivity (Wildman–Crippen MR) is 83.3 cm³/mol. The molecule has 0 spiro atoms. The molecule has 25 heavy (non-hydrogen) atoms. The average Bonchev–Trinajstić information content (AvgIpc) is 2.48. The summed E-state index contributed by atoms with van der Waals surface area (Å²) in [5.41, 5.74) is -0.466. The molecule has 0 radical (unpaired) electrons. The van der Waals surface area contributed by atoms with Crippen molar-refractivity contribution in [1.82, 2.24) is 10.6 Å². The van der Waals surface area contributed by atoms with E-state index in [2.05, 4.69) is 5.32 Å². The van der Waals surface area contributed by atoms with Gasteiger partial charge in [-0.3, -0.25) is 19.7 Å². The van der Waals surface area contributed by atoms with Gasteiger partial charge in [0.15, 0.2) is 0 Å². The molecular formula is C14H15ClF3N3O4. The van der Waals surface area contributed by atoms with E-state index >= 15 is 0 Å². The molecule has 0 unspecified atom stereocenters. The van der Waals surface area contributed by atoms with Gasteiger partial charge in [0.05, 0.1) is 15.5 Å². The number of amides is 2. The molecule has 1 atom stereocenters. The van der Waals surface area contributed by atoms with Gasteiger partial charge in [-0.1, -0.05) is 25.4 Å². The lowest BCUT2D eigenvalue weighted by Crippen LogP contribution is -2.51. The van der Waals surface area contributed by atoms with Gasteiger partial charge in [0.2, 0.25) is 5.91 Å². The molecule has 0 bridgehead atoms. The monoisotopic (exact) mass is 381 g/mol. The molecule has 1 aromatic rings. The molecule has 0 saturated carbocycles. The summed E-state index contributed by atoms with van der Waals surface area (Å²) < 4.78 is 36.6. The molecule has 1 rings (SSSR count). The van der Waals surface area contributed by atoms with Crippen LogP contribution in [0, 0.1) is 16.0 Å². The molecule has 2 amide bonds. The number of alkyl halides is 3. The highest BCUT2D eigenvalue weighted by Crippen LogP contribution is 2.22. The number of halogens is 4. The predicted octanol–water partition coefficient (Wildman–Crippen LogP) is 2.68. The van der Waals surface area contributed by atoms with Crippen LogP contribution >= 0.6 is 11.6 Å². The minimum absolute atomic E-state index is 0.137. The van der Waals surface area contributed by atoms with Crippen molar-refractivity contribution in [1.29, 1.82) is 0 Å². The largest absolute Gasteiger partial charge is 0.405 e. The lowest BCUT2D eigenvalue weighted by Gasteiger charge is -2.22. The summed E-state index contributed by atoms with van der Waals surface area (Å²) in [6, 6.07) is 1.88. The van der Waals surface area contributed by atoms with E-state index in [9.17, 15) is 32.9 Å². The zero-order valence-electron chi connectivity index (χ0n) is 13.2. The van der Waals surface area contributed by atoms with E-state index < -0.39 is 41.4 Å². The lowest BCUT2D eigenvalue weighted by atomic mass is 10.0. The Bertz CT molecular complexity index is 680. The molecule has 11 heteroatoms. The van der Waals surface area contributed by atoms with Gasteiger partial charge in [0.25, 0.3) is 11.6 Å². The molecule has 0 aromatic heterocycles. The van der Waals surface area contributed by atoms with Crippen LogP contribution in [0.25, 0.3) is 0 Å². The van der Waals surface area contributed by atoms with Gasteiger partial charge in [-0.15, -0.1) is 0 Å². The summed E-state index contributed by atoms with van der Waals surface area (Å²) in [6.07, 6.45) is -4.58. The van der Waals surface area contributed by atoms with Gasteiger partial charge in [0, 0.05) is 12.1 Å². The first kappa shape index (κ1) is 20.7. The molecule has 0 fully saturated rings. The Morgan fingerprint density at radius 3 is 2.36 bits per heavy atom. The summed E-state index contributed by atoms with van der Waals surface area (Å²) in [4.78, 5) is 34.0. The molecule has 0 aliphatic carbocycles. The van der Waals surface area contributed by atoms with Crippen LogP contribution in [0.3, 0.4) is 0 Å². The number of hydrogen-bond donors (Lipinski definition) is 2. The number of nitrogens with zero attached hydrogens (tertiary/aromatic N) is 1. The number of nitrogens with one attached hydrogen (secondary N) is 2. The third kappa shape index (κ3) is 6.22. The number of benzene rings is 1. The topological polar surface area (TPSA) is 101 Å². The first-order chi connectivity index (χ1) is 11.4. The highest BCUT2D eigenvalue weighted by atomic mass is 35.5. The first-order valence-corrected chi connectivity index (χ1v) is 7.39. The quantitative estimate of drug-likeness (QED) is 0.584. The Kier molecular flexibility index (Phi) is 6.74. The van der Waals surface area contributed by atoms with Gasteiger partial charge in [0.1, 0.15) is 12.6 Å². The third-order valence-corrected chi connectivity index (χ3v) is 3.42. The molecule has 7 nitrogen and oxygen atoms in total. The summed E-state index contributed by atoms with van der Waals surface area (Å²) in [6.45, 7) is 1.55. The van der Waals surface area contributed by atoms with E-state index in [-0.39, 0.29) is 16.3 Å². The number of carbonyl (C=O) groups is 2. The molecule has 0 heterocycles. The standard InChI is InChI=1S/C14H15ClF3N3O4/c1-7(2)11(13(23)19-6-14(16,17)18)20-12(22)9-4-3-8(21(24)25)5-10(9)15/h3-5,7,11H,6H2,1-2H3,(H,19,23)(H,20,22)/t11-/m0/s1. The Balaban J connectivity index is 2.90. The minimum atomic E-state index is -4.58. The van der Waals surface area contributed by atoms with Gasteiger partial charge in [-0.2, -0.15) is 13.2 Å². The smallest absolute Gasteiger partial charge is 0.345 e. The van der Waals surface area contributed by atoms with Crippen LogP contribution in [0.1, 0.15) is 24.2 Å². The van der Waals surface area contributed by atoms with E-state index in [1.807, 2.05) is 0 Å². The second-order valence-electron chi connectivity index (χ2n) is 5.45. The summed E-state index contributed by atoms with van der Waals surface area (Å²) in [5.74, 6) is -2.34. The maximum Gasteiger partial charge on any atom is 0.405 e. The number of nitro benzene ring substituents is 1. The normalized spacial score (nSPS) is 12.6. The highest BCUT2D eigenvalue weighted by Gasteiger charge is 2.31. The minimum Gasteiger partial charge on any atom is -0.345 e. The van der Waals surface area contributed by atoms with E-state index in [1.54, 1.807) is 5.32 Å². The van der Waals surface area contributed by atoms with E-state index in [4.69, 9.17) is 11.6 Å². The molecule has 2 N–H and O–H groups in total. The molecular weight excluding hydrogens is 367 g/mol.